The number of likely N-dealkylation sites (N-methyl/N-ethyl adjacent to an activating group) is 1. The Morgan fingerprint density at radius 3 is 2.74 bits per heavy atom. The van der Waals surface area contributed by atoms with Crippen LogP contribution in [0, 0.1) is 0 Å². The highest BCUT2D eigenvalue weighted by Gasteiger charge is 2.27. The first kappa shape index (κ1) is 17.5. The molecule has 0 aromatic heterocycles. The Labute approximate surface area is 158 Å². The normalized spacial score (nSPS) is 14.0. The van der Waals surface area contributed by atoms with Crippen molar-refractivity contribution in [2.45, 2.75) is 19.4 Å². The second kappa shape index (κ2) is 7.39. The van der Waals surface area contributed by atoms with Crippen LogP contribution in [0.4, 0.5) is 0 Å². The van der Waals surface area contributed by atoms with Gasteiger partial charge < -0.3 is 23.8 Å². The summed E-state index contributed by atoms with van der Waals surface area (Å²) in [7, 11) is 3.36. The zero-order valence-corrected chi connectivity index (χ0v) is 15.6. The van der Waals surface area contributed by atoms with Crippen LogP contribution in [0.2, 0.25) is 0 Å². The molecule has 0 N–H and O–H groups in total. The van der Waals surface area contributed by atoms with Gasteiger partial charge in [0, 0.05) is 43.1 Å². The molecule has 2 aromatic carbocycles. The summed E-state index contributed by atoms with van der Waals surface area (Å²) in [6.45, 7) is 1.79. The molecule has 0 saturated heterocycles. The predicted octanol–water partition coefficient (Wildman–Crippen LogP) is 2.60. The fourth-order valence-corrected chi connectivity index (χ4v) is 3.57. The van der Waals surface area contributed by atoms with Crippen LogP contribution < -0.4 is 18.9 Å². The number of ether oxygens (including phenoxy) is 4. The van der Waals surface area contributed by atoms with Gasteiger partial charge in [0.05, 0.1) is 20.3 Å². The van der Waals surface area contributed by atoms with E-state index in [1.54, 1.807) is 31.2 Å². The van der Waals surface area contributed by atoms with E-state index in [4.69, 9.17) is 18.9 Å². The second-order valence-corrected chi connectivity index (χ2v) is 6.71. The van der Waals surface area contributed by atoms with Gasteiger partial charge in [-0.1, -0.05) is 12.1 Å². The number of hydrogen-bond donors (Lipinski definition) is 0. The molecule has 0 aliphatic carbocycles. The summed E-state index contributed by atoms with van der Waals surface area (Å²) in [6, 6.07) is 9.38. The number of amides is 1. The summed E-state index contributed by atoms with van der Waals surface area (Å²) in [5.74, 6) is 2.91. The molecule has 0 unspecified atom stereocenters. The highest BCUT2D eigenvalue weighted by atomic mass is 16.5. The van der Waals surface area contributed by atoms with E-state index in [9.17, 15) is 4.79 Å². The number of carbonyl (C=O) groups excluding carboxylic acids is 1. The zero-order valence-electron chi connectivity index (χ0n) is 15.6. The average Bonchev–Trinajstić information content (AvgIpc) is 3.35. The minimum absolute atomic E-state index is 0.0502. The van der Waals surface area contributed by atoms with E-state index in [0.717, 1.165) is 41.0 Å². The van der Waals surface area contributed by atoms with Crippen molar-refractivity contribution in [2.75, 3.05) is 34.0 Å². The fraction of sp³-hybridized carbons (Fsp3) is 0.381. The van der Waals surface area contributed by atoms with Gasteiger partial charge in [0.1, 0.15) is 11.5 Å². The van der Waals surface area contributed by atoms with Crippen molar-refractivity contribution in [3.8, 4) is 23.0 Å². The molecule has 0 atom stereocenters. The Balaban J connectivity index is 1.47. The summed E-state index contributed by atoms with van der Waals surface area (Å²) in [5.41, 5.74) is 3.38. The van der Waals surface area contributed by atoms with E-state index in [2.05, 4.69) is 6.07 Å². The van der Waals surface area contributed by atoms with E-state index in [1.165, 1.54) is 0 Å². The van der Waals surface area contributed by atoms with Crippen molar-refractivity contribution >= 4 is 5.91 Å². The molecule has 0 saturated carbocycles. The van der Waals surface area contributed by atoms with Crippen molar-refractivity contribution in [1.29, 1.82) is 0 Å². The molecule has 2 heterocycles. The lowest BCUT2D eigenvalue weighted by Gasteiger charge is -2.21. The van der Waals surface area contributed by atoms with Gasteiger partial charge in [-0.05, 0) is 18.2 Å². The van der Waals surface area contributed by atoms with Crippen LogP contribution in [0.3, 0.4) is 0 Å². The molecule has 2 aromatic rings. The molecule has 0 radical (unpaired) electrons. The molecule has 0 bridgehead atoms. The van der Waals surface area contributed by atoms with Gasteiger partial charge in [-0.2, -0.15) is 0 Å². The Bertz CT molecular complexity index is 832. The molecule has 27 heavy (non-hydrogen) atoms. The van der Waals surface area contributed by atoms with Gasteiger partial charge in [-0.25, -0.2) is 0 Å². The highest BCUT2D eigenvalue weighted by molar-refractivity contribution is 5.78. The fourth-order valence-electron chi connectivity index (χ4n) is 3.57. The Hall–Kier alpha value is -2.89. The molecule has 1 amide bonds. The molecule has 0 spiro atoms. The van der Waals surface area contributed by atoms with Crippen LogP contribution in [0.15, 0.2) is 30.3 Å². The molecular weight excluding hydrogens is 346 g/mol. The lowest BCUT2D eigenvalue weighted by atomic mass is 9.99. The standard InChI is InChI=1S/C21H23NO5/c1-22(20(23)13-27-18-6-4-3-5-17(18)24-2)12-16-15-8-10-25-19(15)11-14-7-9-26-21(14)16/h3-6,11H,7-10,12-13H2,1-2H3. The maximum Gasteiger partial charge on any atom is 0.260 e. The van der Waals surface area contributed by atoms with Crippen LogP contribution in [-0.4, -0.2) is 44.8 Å². The molecular formula is C21H23NO5. The zero-order chi connectivity index (χ0) is 18.8. The van der Waals surface area contributed by atoms with E-state index in [-0.39, 0.29) is 12.5 Å². The first-order valence-electron chi connectivity index (χ1n) is 9.10. The Morgan fingerprint density at radius 1 is 1.15 bits per heavy atom. The first-order valence-corrected chi connectivity index (χ1v) is 9.10. The third-order valence-electron chi connectivity index (χ3n) is 5.00. The molecule has 6 nitrogen and oxygen atoms in total. The summed E-state index contributed by atoms with van der Waals surface area (Å²) in [5, 5.41) is 0. The number of nitrogens with zero attached hydrogens (tertiary/aromatic N) is 1. The van der Waals surface area contributed by atoms with Crippen LogP contribution in [0.5, 0.6) is 23.0 Å². The number of rotatable bonds is 6. The quantitative estimate of drug-likeness (QED) is 0.783. The summed E-state index contributed by atoms with van der Waals surface area (Å²) in [4.78, 5) is 14.3. The number of fused-ring (bicyclic) bond motifs is 2. The predicted molar refractivity (Wildman–Crippen MR) is 99.8 cm³/mol. The van der Waals surface area contributed by atoms with Crippen LogP contribution >= 0.6 is 0 Å². The maximum absolute atomic E-state index is 12.6. The van der Waals surface area contributed by atoms with Gasteiger partial charge in [-0.15, -0.1) is 0 Å². The van der Waals surface area contributed by atoms with Gasteiger partial charge in [0.25, 0.3) is 5.91 Å². The highest BCUT2D eigenvalue weighted by Crippen LogP contribution is 2.41. The number of benzene rings is 2. The van der Waals surface area contributed by atoms with Crippen LogP contribution in [0.25, 0.3) is 0 Å². The lowest BCUT2D eigenvalue weighted by Crippen LogP contribution is -2.31. The Morgan fingerprint density at radius 2 is 1.93 bits per heavy atom. The number of hydrogen-bond acceptors (Lipinski definition) is 5. The van der Waals surface area contributed by atoms with Crippen LogP contribution in [0.1, 0.15) is 16.7 Å². The third-order valence-corrected chi connectivity index (χ3v) is 5.00. The maximum atomic E-state index is 12.6. The van der Waals surface area contributed by atoms with Crippen molar-refractivity contribution in [3.63, 3.8) is 0 Å². The summed E-state index contributed by atoms with van der Waals surface area (Å²) >= 11 is 0. The number of methoxy groups -OCH3 is 1. The summed E-state index contributed by atoms with van der Waals surface area (Å²) in [6.07, 6.45) is 1.73. The first-order chi connectivity index (χ1) is 13.2. The lowest BCUT2D eigenvalue weighted by molar-refractivity contribution is -0.132. The van der Waals surface area contributed by atoms with E-state index < -0.39 is 0 Å². The third kappa shape index (κ3) is 3.39. The monoisotopic (exact) mass is 369 g/mol. The second-order valence-electron chi connectivity index (χ2n) is 6.71. The van der Waals surface area contributed by atoms with Crippen molar-refractivity contribution in [1.82, 2.24) is 4.90 Å². The van der Waals surface area contributed by atoms with Crippen molar-refractivity contribution in [3.05, 3.63) is 47.0 Å². The molecule has 142 valence electrons. The van der Waals surface area contributed by atoms with Crippen molar-refractivity contribution in [2.24, 2.45) is 0 Å². The molecule has 2 aliphatic rings. The van der Waals surface area contributed by atoms with Gasteiger partial charge in [0.2, 0.25) is 0 Å². The number of para-hydroxylation sites is 2. The van der Waals surface area contributed by atoms with Gasteiger partial charge in [0.15, 0.2) is 18.1 Å². The number of carbonyl (C=O) groups is 1. The van der Waals surface area contributed by atoms with Crippen molar-refractivity contribution < 1.29 is 23.7 Å². The van der Waals surface area contributed by atoms with Gasteiger partial charge >= 0.3 is 0 Å². The molecule has 6 heteroatoms. The topological polar surface area (TPSA) is 57.2 Å². The SMILES string of the molecule is COc1ccccc1OCC(=O)N(C)Cc1c2c(cc3c1OCC3)OCC2. The van der Waals surface area contributed by atoms with Gasteiger partial charge in [-0.3, -0.25) is 4.79 Å². The van der Waals surface area contributed by atoms with E-state index in [1.807, 2.05) is 12.1 Å². The minimum atomic E-state index is -0.107. The average molecular weight is 369 g/mol. The molecule has 4 rings (SSSR count). The summed E-state index contributed by atoms with van der Waals surface area (Å²) < 4.78 is 22.5. The smallest absolute Gasteiger partial charge is 0.260 e. The molecule has 2 aliphatic heterocycles. The van der Waals surface area contributed by atoms with E-state index >= 15 is 0 Å². The van der Waals surface area contributed by atoms with Crippen LogP contribution in [-0.2, 0) is 24.2 Å². The largest absolute Gasteiger partial charge is 0.493 e. The van der Waals surface area contributed by atoms with E-state index in [0.29, 0.717) is 31.3 Å². The Kier molecular flexibility index (Phi) is 4.79. The minimum Gasteiger partial charge on any atom is -0.493 e. The molecule has 0 fully saturated rings.